The minimum Gasteiger partial charge on any atom is -0.493 e. The van der Waals surface area contributed by atoms with Crippen molar-refractivity contribution in [3.05, 3.63) is 42.0 Å². The molecule has 1 aromatic carbocycles. The van der Waals surface area contributed by atoms with Gasteiger partial charge in [0, 0.05) is 0 Å². The topological polar surface area (TPSA) is 52.6 Å². The van der Waals surface area contributed by atoms with E-state index in [0.717, 1.165) is 0 Å². The fourth-order valence-corrected chi connectivity index (χ4v) is 1.41. The Morgan fingerprint density at radius 2 is 1.83 bits per heavy atom. The van der Waals surface area contributed by atoms with E-state index in [1.807, 2.05) is 6.92 Å². The highest BCUT2D eigenvalue weighted by Gasteiger charge is 2.21. The monoisotopic (exact) mass is 248 g/mol. The zero-order valence-electron chi connectivity index (χ0n) is 10.6. The minimum absolute atomic E-state index is 0.191. The number of rotatable bonds is 6. The number of carbonyl (C=O) groups is 2. The predicted molar refractivity (Wildman–Crippen MR) is 67.7 cm³/mol. The van der Waals surface area contributed by atoms with Crippen molar-refractivity contribution >= 4 is 11.8 Å². The molecule has 0 radical (unpaired) electrons. The largest absolute Gasteiger partial charge is 0.493 e. The van der Waals surface area contributed by atoms with E-state index in [1.165, 1.54) is 0 Å². The van der Waals surface area contributed by atoms with Gasteiger partial charge in [-0.1, -0.05) is 18.7 Å². The van der Waals surface area contributed by atoms with Gasteiger partial charge >= 0.3 is 5.97 Å². The van der Waals surface area contributed by atoms with Crippen LogP contribution in [0.15, 0.2) is 36.4 Å². The molecule has 0 atom stereocenters. The minimum atomic E-state index is -0.700. The van der Waals surface area contributed by atoms with Gasteiger partial charge in [-0.3, -0.25) is 4.79 Å². The van der Waals surface area contributed by atoms with E-state index in [1.54, 1.807) is 31.2 Å². The molecule has 0 aliphatic heterocycles. The van der Waals surface area contributed by atoms with Crippen LogP contribution >= 0.6 is 0 Å². The molecule has 1 aromatic rings. The summed E-state index contributed by atoms with van der Waals surface area (Å²) < 4.78 is 10.1. The molecule has 0 fully saturated rings. The number of para-hydroxylation sites is 1. The number of hydrogen-bond donors (Lipinski definition) is 0. The Morgan fingerprint density at radius 3 is 2.44 bits per heavy atom. The zero-order chi connectivity index (χ0) is 13.5. The number of ether oxygens (including phenoxy) is 2. The maximum atomic E-state index is 12.1. The average molecular weight is 248 g/mol. The lowest BCUT2D eigenvalue weighted by atomic mass is 10.0. The summed E-state index contributed by atoms with van der Waals surface area (Å²) in [6.45, 7) is 7.61. The van der Waals surface area contributed by atoms with Gasteiger partial charge in [0.25, 0.3) is 0 Å². The van der Waals surface area contributed by atoms with Crippen molar-refractivity contribution in [1.29, 1.82) is 0 Å². The van der Waals surface area contributed by atoms with Crippen LogP contribution in [0.4, 0.5) is 0 Å². The van der Waals surface area contributed by atoms with E-state index in [9.17, 15) is 9.59 Å². The van der Waals surface area contributed by atoms with E-state index in [4.69, 9.17) is 9.47 Å². The van der Waals surface area contributed by atoms with Crippen LogP contribution in [0.2, 0.25) is 0 Å². The Balaban J connectivity index is 2.96. The Labute approximate surface area is 106 Å². The highest BCUT2D eigenvalue weighted by molar-refractivity contribution is 6.24. The summed E-state index contributed by atoms with van der Waals surface area (Å²) in [6.07, 6.45) is 0. The molecule has 0 heterocycles. The summed E-state index contributed by atoms with van der Waals surface area (Å²) in [5.41, 5.74) is 0.126. The summed E-state index contributed by atoms with van der Waals surface area (Å²) in [5.74, 6) is -0.734. The molecule has 0 unspecified atom stereocenters. The van der Waals surface area contributed by atoms with Crippen molar-refractivity contribution in [3.8, 4) is 5.75 Å². The smallest absolute Gasteiger partial charge is 0.341 e. The lowest BCUT2D eigenvalue weighted by Crippen LogP contribution is -2.16. The van der Waals surface area contributed by atoms with Gasteiger partial charge < -0.3 is 9.47 Å². The molecule has 0 spiro atoms. The van der Waals surface area contributed by atoms with Gasteiger partial charge in [-0.15, -0.1) is 0 Å². The highest BCUT2D eigenvalue weighted by Crippen LogP contribution is 2.21. The molecule has 0 saturated carbocycles. The third kappa shape index (κ3) is 3.20. The first kappa shape index (κ1) is 14.0. The molecule has 4 nitrogen and oxygen atoms in total. The molecule has 0 saturated heterocycles. The van der Waals surface area contributed by atoms with Gasteiger partial charge in [0.2, 0.25) is 5.78 Å². The molecule has 0 aliphatic rings. The third-order valence-corrected chi connectivity index (χ3v) is 2.23. The second-order valence-electron chi connectivity index (χ2n) is 3.46. The number of Topliss-reactive ketones (excluding diaryl/α,β-unsaturated/α-hetero) is 1. The van der Waals surface area contributed by atoms with Crippen LogP contribution in [0.25, 0.3) is 0 Å². The molecule has 0 bridgehead atoms. The van der Waals surface area contributed by atoms with Crippen LogP contribution in [-0.2, 0) is 9.53 Å². The second-order valence-corrected chi connectivity index (χ2v) is 3.46. The first-order chi connectivity index (χ1) is 8.61. The number of ketones is 1. The predicted octanol–water partition coefficient (Wildman–Crippen LogP) is 2.39. The first-order valence-electron chi connectivity index (χ1n) is 5.74. The molecule has 0 aliphatic carbocycles. The van der Waals surface area contributed by atoms with Gasteiger partial charge in [-0.05, 0) is 26.0 Å². The molecule has 4 heteroatoms. The van der Waals surface area contributed by atoms with Crippen LogP contribution in [0.5, 0.6) is 5.75 Å². The second kappa shape index (κ2) is 6.59. The molecule has 0 aromatic heterocycles. The summed E-state index contributed by atoms with van der Waals surface area (Å²) in [5, 5.41) is 0. The fraction of sp³-hybridized carbons (Fsp3) is 0.286. The molecule has 0 amide bonds. The van der Waals surface area contributed by atoms with Crippen LogP contribution in [0, 0.1) is 0 Å². The van der Waals surface area contributed by atoms with Gasteiger partial charge in [0.05, 0.1) is 18.8 Å². The molecular formula is C14H16O4. The number of carbonyl (C=O) groups excluding carboxylic acids is 2. The summed E-state index contributed by atoms with van der Waals surface area (Å²) in [6, 6.07) is 6.73. The van der Waals surface area contributed by atoms with Crippen LogP contribution in [0.1, 0.15) is 24.2 Å². The van der Waals surface area contributed by atoms with E-state index < -0.39 is 11.8 Å². The van der Waals surface area contributed by atoms with Crippen molar-refractivity contribution in [1.82, 2.24) is 0 Å². The van der Waals surface area contributed by atoms with Gasteiger partial charge in [0.15, 0.2) is 0 Å². The molecule has 0 N–H and O–H groups in total. The van der Waals surface area contributed by atoms with Crippen LogP contribution in [0.3, 0.4) is 0 Å². The van der Waals surface area contributed by atoms with Crippen molar-refractivity contribution in [2.24, 2.45) is 0 Å². The molecule has 18 heavy (non-hydrogen) atoms. The SMILES string of the molecule is C=C(C(=O)OCC)C(=O)c1ccccc1OCC. The molecular weight excluding hydrogens is 232 g/mol. The standard InChI is InChI=1S/C14H16O4/c1-4-17-12-9-7-6-8-11(12)13(15)10(3)14(16)18-5-2/h6-9H,3-5H2,1-2H3. The van der Waals surface area contributed by atoms with Gasteiger partial charge in [-0.25, -0.2) is 4.79 Å². The summed E-state index contributed by atoms with van der Waals surface area (Å²) in [4.78, 5) is 23.5. The normalized spacial score (nSPS) is 9.67. The van der Waals surface area contributed by atoms with E-state index in [2.05, 4.69) is 6.58 Å². The van der Waals surface area contributed by atoms with Crippen molar-refractivity contribution in [2.75, 3.05) is 13.2 Å². The van der Waals surface area contributed by atoms with Crippen LogP contribution in [-0.4, -0.2) is 25.0 Å². The maximum absolute atomic E-state index is 12.1. The lowest BCUT2D eigenvalue weighted by Gasteiger charge is -2.09. The van der Waals surface area contributed by atoms with Gasteiger partial charge in [0.1, 0.15) is 11.3 Å². The molecule has 1 rings (SSSR count). The quantitative estimate of drug-likeness (QED) is 0.255. The Bertz CT molecular complexity index is 463. The van der Waals surface area contributed by atoms with E-state index in [-0.39, 0.29) is 12.2 Å². The summed E-state index contributed by atoms with van der Waals surface area (Å²) >= 11 is 0. The average Bonchev–Trinajstić information content (AvgIpc) is 2.38. The van der Waals surface area contributed by atoms with E-state index >= 15 is 0 Å². The fourth-order valence-electron chi connectivity index (χ4n) is 1.41. The zero-order valence-corrected chi connectivity index (χ0v) is 10.6. The lowest BCUT2D eigenvalue weighted by molar-refractivity contribution is -0.138. The maximum Gasteiger partial charge on any atom is 0.341 e. The van der Waals surface area contributed by atoms with Gasteiger partial charge in [-0.2, -0.15) is 0 Å². The van der Waals surface area contributed by atoms with E-state index in [0.29, 0.717) is 17.9 Å². The van der Waals surface area contributed by atoms with Crippen molar-refractivity contribution < 1.29 is 19.1 Å². The number of benzene rings is 1. The van der Waals surface area contributed by atoms with Crippen molar-refractivity contribution in [3.63, 3.8) is 0 Å². The highest BCUT2D eigenvalue weighted by atomic mass is 16.5. The third-order valence-electron chi connectivity index (χ3n) is 2.23. The summed E-state index contributed by atoms with van der Waals surface area (Å²) in [7, 11) is 0. The Kier molecular flexibility index (Phi) is 5.11. The Hall–Kier alpha value is -2.10. The number of hydrogen-bond acceptors (Lipinski definition) is 4. The van der Waals surface area contributed by atoms with Crippen molar-refractivity contribution in [2.45, 2.75) is 13.8 Å². The molecule has 96 valence electrons. The Morgan fingerprint density at radius 1 is 1.17 bits per heavy atom. The number of esters is 1. The first-order valence-corrected chi connectivity index (χ1v) is 5.74. The van der Waals surface area contributed by atoms with Crippen LogP contribution < -0.4 is 4.74 Å².